The summed E-state index contributed by atoms with van der Waals surface area (Å²) in [5.74, 6) is -1.72. The van der Waals surface area contributed by atoms with E-state index in [-0.39, 0.29) is 11.5 Å². The Morgan fingerprint density at radius 3 is 2.68 bits per heavy atom. The van der Waals surface area contributed by atoms with Crippen LogP contribution in [0.5, 0.6) is 0 Å². The summed E-state index contributed by atoms with van der Waals surface area (Å²) in [4.78, 5) is 35.8. The fraction of sp³-hybridized carbons (Fsp3) is 0.333. The van der Waals surface area contributed by atoms with Gasteiger partial charge in [0.1, 0.15) is 16.7 Å². The molecule has 0 aliphatic carbocycles. The molecule has 0 aliphatic heterocycles. The smallest absolute Gasteiger partial charge is 0.351 e. The van der Waals surface area contributed by atoms with Gasteiger partial charge in [0.05, 0.1) is 6.07 Å². The first-order valence-electron chi connectivity index (χ1n) is 7.69. The second-order valence-corrected chi connectivity index (χ2v) is 6.08. The SMILES string of the molecule is CC(C)[C@](C)(C#N)NC(=O)COC(=O)c1cc2ccccc2oc1=O. The lowest BCUT2D eigenvalue weighted by Gasteiger charge is -2.27. The Bertz CT molecular complexity index is 910. The molecular weight excluding hydrogens is 324 g/mol. The number of para-hydroxylation sites is 1. The van der Waals surface area contributed by atoms with Gasteiger partial charge in [-0.15, -0.1) is 0 Å². The van der Waals surface area contributed by atoms with Crippen molar-refractivity contribution in [1.29, 1.82) is 5.26 Å². The van der Waals surface area contributed by atoms with Crippen molar-refractivity contribution < 1.29 is 18.7 Å². The number of hydrogen-bond acceptors (Lipinski definition) is 6. The Hall–Kier alpha value is -3.14. The molecule has 7 nitrogen and oxygen atoms in total. The Morgan fingerprint density at radius 1 is 1.36 bits per heavy atom. The number of esters is 1. The first-order valence-corrected chi connectivity index (χ1v) is 7.69. The fourth-order valence-electron chi connectivity index (χ4n) is 2.04. The Kier molecular flexibility index (Phi) is 5.22. The number of nitriles is 1. The van der Waals surface area contributed by atoms with Crippen molar-refractivity contribution in [2.75, 3.05) is 6.61 Å². The molecule has 1 amide bonds. The monoisotopic (exact) mass is 342 g/mol. The number of amides is 1. The van der Waals surface area contributed by atoms with Crippen molar-refractivity contribution in [3.63, 3.8) is 0 Å². The molecule has 1 N–H and O–H groups in total. The number of benzene rings is 1. The van der Waals surface area contributed by atoms with E-state index in [1.165, 1.54) is 6.07 Å². The van der Waals surface area contributed by atoms with Crippen molar-refractivity contribution in [2.45, 2.75) is 26.3 Å². The molecular formula is C18H18N2O5. The van der Waals surface area contributed by atoms with Crippen LogP contribution in [0.2, 0.25) is 0 Å². The van der Waals surface area contributed by atoms with E-state index in [2.05, 4.69) is 5.32 Å². The zero-order chi connectivity index (χ0) is 18.6. The highest BCUT2D eigenvalue weighted by atomic mass is 16.5. The maximum Gasteiger partial charge on any atom is 0.351 e. The summed E-state index contributed by atoms with van der Waals surface area (Å²) in [5, 5.41) is 12.3. The summed E-state index contributed by atoms with van der Waals surface area (Å²) in [5.41, 5.74) is -1.86. The number of rotatable bonds is 5. The van der Waals surface area contributed by atoms with Crippen LogP contribution in [-0.2, 0) is 9.53 Å². The van der Waals surface area contributed by atoms with Gasteiger partial charge in [-0.25, -0.2) is 9.59 Å². The van der Waals surface area contributed by atoms with E-state index in [4.69, 9.17) is 9.15 Å². The van der Waals surface area contributed by atoms with E-state index in [9.17, 15) is 19.6 Å². The fourth-order valence-corrected chi connectivity index (χ4v) is 2.04. The lowest BCUT2D eigenvalue weighted by molar-refractivity contribution is -0.125. The van der Waals surface area contributed by atoms with Crippen molar-refractivity contribution in [3.05, 3.63) is 46.3 Å². The second kappa shape index (κ2) is 7.18. The van der Waals surface area contributed by atoms with Crippen molar-refractivity contribution in [2.24, 2.45) is 5.92 Å². The van der Waals surface area contributed by atoms with Crippen molar-refractivity contribution >= 4 is 22.8 Å². The van der Waals surface area contributed by atoms with Gasteiger partial charge in [0, 0.05) is 5.39 Å². The van der Waals surface area contributed by atoms with Gasteiger partial charge >= 0.3 is 11.6 Å². The number of fused-ring (bicyclic) bond motifs is 1. The number of nitrogens with one attached hydrogen (secondary N) is 1. The average molecular weight is 342 g/mol. The third kappa shape index (κ3) is 4.04. The quantitative estimate of drug-likeness (QED) is 0.657. The van der Waals surface area contributed by atoms with Crippen LogP contribution < -0.4 is 10.9 Å². The number of nitrogens with zero attached hydrogens (tertiary/aromatic N) is 1. The number of carbonyl (C=O) groups excluding carboxylic acids is 2. The van der Waals surface area contributed by atoms with Crippen LogP contribution in [0.15, 0.2) is 39.5 Å². The van der Waals surface area contributed by atoms with Crippen LogP contribution in [0.25, 0.3) is 11.0 Å². The lowest BCUT2D eigenvalue weighted by Crippen LogP contribution is -2.50. The van der Waals surface area contributed by atoms with Crippen LogP contribution in [0.1, 0.15) is 31.1 Å². The minimum Gasteiger partial charge on any atom is -0.452 e. The van der Waals surface area contributed by atoms with E-state index >= 15 is 0 Å². The molecule has 0 radical (unpaired) electrons. The molecule has 0 bridgehead atoms. The van der Waals surface area contributed by atoms with E-state index < -0.39 is 29.6 Å². The van der Waals surface area contributed by atoms with Gasteiger partial charge < -0.3 is 14.5 Å². The summed E-state index contributed by atoms with van der Waals surface area (Å²) in [6.45, 7) is 4.55. The molecule has 7 heteroatoms. The Labute approximate surface area is 144 Å². The van der Waals surface area contributed by atoms with E-state index in [1.807, 2.05) is 6.07 Å². The maximum absolute atomic E-state index is 12.1. The van der Waals surface area contributed by atoms with E-state index in [1.54, 1.807) is 45.0 Å². The molecule has 0 fully saturated rings. The largest absolute Gasteiger partial charge is 0.452 e. The molecule has 0 saturated heterocycles. The Balaban J connectivity index is 2.08. The highest BCUT2D eigenvalue weighted by molar-refractivity contribution is 5.94. The third-order valence-corrected chi connectivity index (χ3v) is 3.98. The maximum atomic E-state index is 12.1. The van der Waals surface area contributed by atoms with Crippen LogP contribution >= 0.6 is 0 Å². The molecule has 1 heterocycles. The molecule has 1 aromatic carbocycles. The molecule has 2 aromatic rings. The van der Waals surface area contributed by atoms with Crippen LogP contribution in [0.4, 0.5) is 0 Å². The molecule has 130 valence electrons. The van der Waals surface area contributed by atoms with Gasteiger partial charge in [-0.1, -0.05) is 32.0 Å². The summed E-state index contributed by atoms with van der Waals surface area (Å²) in [6.07, 6.45) is 0. The van der Waals surface area contributed by atoms with Gasteiger partial charge in [0.2, 0.25) is 0 Å². The normalized spacial score (nSPS) is 13.1. The topological polar surface area (TPSA) is 109 Å². The highest BCUT2D eigenvalue weighted by Crippen LogP contribution is 2.15. The summed E-state index contributed by atoms with van der Waals surface area (Å²) < 4.78 is 9.92. The van der Waals surface area contributed by atoms with Crippen LogP contribution in [0.3, 0.4) is 0 Å². The first-order chi connectivity index (χ1) is 11.8. The molecule has 0 unspecified atom stereocenters. The summed E-state index contributed by atoms with van der Waals surface area (Å²) in [6, 6.07) is 10.1. The van der Waals surface area contributed by atoms with Gasteiger partial charge in [-0.05, 0) is 25.0 Å². The molecule has 2 rings (SSSR count). The average Bonchev–Trinajstić information content (AvgIpc) is 2.58. The van der Waals surface area contributed by atoms with Crippen LogP contribution in [0, 0.1) is 17.2 Å². The zero-order valence-corrected chi connectivity index (χ0v) is 14.2. The predicted molar refractivity (Wildman–Crippen MR) is 89.8 cm³/mol. The molecule has 0 aliphatic rings. The predicted octanol–water partition coefficient (Wildman–Crippen LogP) is 2.00. The van der Waals surface area contributed by atoms with Crippen molar-refractivity contribution in [3.8, 4) is 6.07 Å². The molecule has 0 spiro atoms. The molecule has 1 aromatic heterocycles. The number of hydrogen-bond donors (Lipinski definition) is 1. The number of carbonyl (C=O) groups is 2. The number of ether oxygens (including phenoxy) is 1. The first kappa shape index (κ1) is 18.2. The Morgan fingerprint density at radius 2 is 2.04 bits per heavy atom. The minimum atomic E-state index is -1.08. The molecule has 1 atom stereocenters. The van der Waals surface area contributed by atoms with Gasteiger partial charge in [0.25, 0.3) is 5.91 Å². The lowest BCUT2D eigenvalue weighted by atomic mass is 9.90. The highest BCUT2D eigenvalue weighted by Gasteiger charge is 2.30. The summed E-state index contributed by atoms with van der Waals surface area (Å²) >= 11 is 0. The summed E-state index contributed by atoms with van der Waals surface area (Å²) in [7, 11) is 0. The van der Waals surface area contributed by atoms with Gasteiger partial charge in [0.15, 0.2) is 6.61 Å². The van der Waals surface area contributed by atoms with Gasteiger partial charge in [-0.2, -0.15) is 5.26 Å². The van der Waals surface area contributed by atoms with Crippen LogP contribution in [-0.4, -0.2) is 24.0 Å². The minimum absolute atomic E-state index is 0.135. The van der Waals surface area contributed by atoms with E-state index in [0.717, 1.165) is 0 Å². The standard InChI is InChI=1S/C18H18N2O5/c1-11(2)18(3,10-19)20-15(21)9-24-16(22)13-8-12-6-4-5-7-14(12)25-17(13)23/h4-8,11H,9H2,1-3H3,(H,20,21)/t18-/m0/s1. The molecule has 25 heavy (non-hydrogen) atoms. The van der Waals surface area contributed by atoms with Gasteiger partial charge in [-0.3, -0.25) is 4.79 Å². The third-order valence-electron chi connectivity index (χ3n) is 3.98. The zero-order valence-electron chi connectivity index (χ0n) is 14.2. The van der Waals surface area contributed by atoms with Crippen molar-refractivity contribution in [1.82, 2.24) is 5.32 Å². The second-order valence-electron chi connectivity index (χ2n) is 6.08. The van der Waals surface area contributed by atoms with E-state index in [0.29, 0.717) is 11.0 Å². The molecule has 0 saturated carbocycles.